The van der Waals surface area contributed by atoms with Crippen LogP contribution in [0.25, 0.3) is 0 Å². The zero-order valence-electron chi connectivity index (χ0n) is 9.94. The molecule has 0 saturated carbocycles. The molecule has 16 heavy (non-hydrogen) atoms. The number of carbonyl (C=O) groups is 1. The lowest BCUT2D eigenvalue weighted by molar-refractivity contribution is -0.0569. The van der Waals surface area contributed by atoms with Gasteiger partial charge in [0.25, 0.3) is 0 Å². The maximum absolute atomic E-state index is 11.4. The van der Waals surface area contributed by atoms with Crippen LogP contribution in [0.4, 0.5) is 4.79 Å². The predicted octanol–water partition coefficient (Wildman–Crippen LogP) is 0.207. The Bertz CT molecular complexity index is 221. The Hall–Kier alpha value is -0.593. The van der Waals surface area contributed by atoms with Crippen molar-refractivity contribution in [2.75, 3.05) is 26.4 Å². The molecule has 1 unspecified atom stereocenters. The lowest BCUT2D eigenvalue weighted by Crippen LogP contribution is -2.50. The lowest BCUT2D eigenvalue weighted by atomic mass is 9.99. The second-order valence-corrected chi connectivity index (χ2v) is 7.91. The molecule has 0 spiro atoms. The summed E-state index contributed by atoms with van der Waals surface area (Å²) in [6, 6.07) is 0.751. The molecule has 1 heterocycles. The quantitative estimate of drug-likeness (QED) is 0.658. The predicted molar refractivity (Wildman–Crippen MR) is 63.4 cm³/mol. The highest BCUT2D eigenvalue weighted by Gasteiger charge is 2.29. The molecule has 1 atom stereocenters. The van der Waals surface area contributed by atoms with Gasteiger partial charge in [-0.2, -0.15) is 0 Å². The molecule has 1 amide bonds. The number of aliphatic hydroxyl groups excluding tert-OH is 1. The van der Waals surface area contributed by atoms with E-state index in [0.717, 1.165) is 6.04 Å². The number of nitrogens with one attached hydrogen (secondary N) is 1. The average Bonchev–Trinajstić information content (AvgIpc) is 2.13. The van der Waals surface area contributed by atoms with Gasteiger partial charge in [0, 0.05) is 14.7 Å². The SMILES string of the molecule is C[SiH](C)CCOC(=O)NC(CO)C1COC1. The largest absolute Gasteiger partial charge is 0.450 e. The highest BCUT2D eigenvalue weighted by Crippen LogP contribution is 2.14. The molecule has 2 N–H and O–H groups in total. The minimum absolute atomic E-state index is 0.0674. The Morgan fingerprint density at radius 2 is 2.31 bits per heavy atom. The minimum Gasteiger partial charge on any atom is -0.450 e. The fraction of sp³-hybridized carbons (Fsp3) is 0.900. The van der Waals surface area contributed by atoms with Crippen LogP contribution >= 0.6 is 0 Å². The maximum Gasteiger partial charge on any atom is 0.407 e. The molecule has 1 fully saturated rings. The van der Waals surface area contributed by atoms with E-state index in [-0.39, 0.29) is 18.6 Å². The van der Waals surface area contributed by atoms with Crippen molar-refractivity contribution in [2.45, 2.75) is 25.2 Å². The summed E-state index contributed by atoms with van der Waals surface area (Å²) in [6.07, 6.45) is -0.430. The lowest BCUT2D eigenvalue weighted by Gasteiger charge is -2.32. The fourth-order valence-corrected chi connectivity index (χ4v) is 1.97. The van der Waals surface area contributed by atoms with E-state index in [9.17, 15) is 4.79 Å². The fourth-order valence-electron chi connectivity index (χ4n) is 1.38. The van der Waals surface area contributed by atoms with Crippen molar-refractivity contribution in [1.29, 1.82) is 0 Å². The third kappa shape index (κ3) is 4.50. The first kappa shape index (κ1) is 13.5. The molecule has 0 radical (unpaired) electrons. The van der Waals surface area contributed by atoms with Crippen molar-refractivity contribution in [3.63, 3.8) is 0 Å². The van der Waals surface area contributed by atoms with Crippen molar-refractivity contribution in [1.82, 2.24) is 5.32 Å². The second kappa shape index (κ2) is 6.88. The number of hydrogen-bond acceptors (Lipinski definition) is 4. The molecule has 1 rings (SSSR count). The van der Waals surface area contributed by atoms with Crippen molar-refractivity contribution in [3.05, 3.63) is 0 Å². The molecule has 0 aromatic carbocycles. The number of aliphatic hydroxyl groups is 1. The first-order chi connectivity index (χ1) is 7.63. The highest BCUT2D eigenvalue weighted by molar-refractivity contribution is 6.55. The summed E-state index contributed by atoms with van der Waals surface area (Å²) in [5.41, 5.74) is 0. The van der Waals surface area contributed by atoms with Gasteiger partial charge in [-0.15, -0.1) is 0 Å². The maximum atomic E-state index is 11.4. The van der Waals surface area contributed by atoms with E-state index in [1.165, 1.54) is 0 Å². The molecule has 0 aromatic heterocycles. The summed E-state index contributed by atoms with van der Waals surface area (Å²) in [5, 5.41) is 11.8. The van der Waals surface area contributed by atoms with Gasteiger partial charge in [-0.1, -0.05) is 13.1 Å². The van der Waals surface area contributed by atoms with Crippen molar-refractivity contribution in [3.8, 4) is 0 Å². The van der Waals surface area contributed by atoms with Crippen LogP contribution < -0.4 is 5.32 Å². The molecular formula is C10H21NO4Si. The molecule has 0 bridgehead atoms. The minimum atomic E-state index is -0.661. The summed E-state index contributed by atoms with van der Waals surface area (Å²) in [7, 11) is -0.661. The van der Waals surface area contributed by atoms with Crippen LogP contribution in [0, 0.1) is 5.92 Å². The first-order valence-electron chi connectivity index (χ1n) is 5.75. The number of hydrogen-bond donors (Lipinski definition) is 2. The van der Waals surface area contributed by atoms with E-state index < -0.39 is 14.9 Å². The molecule has 94 valence electrons. The topological polar surface area (TPSA) is 67.8 Å². The van der Waals surface area contributed by atoms with Gasteiger partial charge in [0.2, 0.25) is 0 Å². The molecule has 1 aliphatic heterocycles. The number of ether oxygens (including phenoxy) is 2. The van der Waals surface area contributed by atoms with Crippen molar-refractivity contribution in [2.24, 2.45) is 5.92 Å². The number of rotatable bonds is 6. The van der Waals surface area contributed by atoms with E-state index in [0.29, 0.717) is 19.8 Å². The van der Waals surface area contributed by atoms with Crippen molar-refractivity contribution < 1.29 is 19.4 Å². The molecule has 5 nitrogen and oxygen atoms in total. The van der Waals surface area contributed by atoms with Gasteiger partial charge in [-0.25, -0.2) is 4.79 Å². The van der Waals surface area contributed by atoms with E-state index in [2.05, 4.69) is 18.4 Å². The zero-order valence-corrected chi connectivity index (χ0v) is 11.1. The summed E-state index contributed by atoms with van der Waals surface area (Å²) >= 11 is 0. The van der Waals surface area contributed by atoms with Crippen LogP contribution in [-0.4, -0.2) is 52.5 Å². The summed E-state index contributed by atoms with van der Waals surface area (Å²) < 4.78 is 10.1. The van der Waals surface area contributed by atoms with Crippen LogP contribution in [0.15, 0.2) is 0 Å². The van der Waals surface area contributed by atoms with Gasteiger partial charge >= 0.3 is 6.09 Å². The van der Waals surface area contributed by atoms with Gasteiger partial charge in [0.15, 0.2) is 0 Å². The zero-order chi connectivity index (χ0) is 12.0. The summed E-state index contributed by atoms with van der Waals surface area (Å²) in [5.74, 6) is 0.219. The van der Waals surface area contributed by atoms with Crippen LogP contribution in [0.2, 0.25) is 19.1 Å². The highest BCUT2D eigenvalue weighted by atomic mass is 28.3. The van der Waals surface area contributed by atoms with Gasteiger partial charge in [-0.3, -0.25) is 0 Å². The van der Waals surface area contributed by atoms with Gasteiger partial charge in [0.05, 0.1) is 32.5 Å². The molecular weight excluding hydrogens is 226 g/mol. The molecule has 1 saturated heterocycles. The van der Waals surface area contributed by atoms with Gasteiger partial charge in [0.1, 0.15) is 0 Å². The van der Waals surface area contributed by atoms with Crippen LogP contribution in [0.1, 0.15) is 0 Å². The standard InChI is InChI=1S/C10H21NO4Si/c1-16(2)4-3-15-10(13)11-9(5-12)8-6-14-7-8/h8-9,12,16H,3-7H2,1-2H3,(H,11,13). The van der Waals surface area contributed by atoms with E-state index in [4.69, 9.17) is 14.6 Å². The van der Waals surface area contributed by atoms with Gasteiger partial charge < -0.3 is 19.9 Å². The van der Waals surface area contributed by atoms with E-state index >= 15 is 0 Å². The summed E-state index contributed by atoms with van der Waals surface area (Å²) in [6.45, 7) is 6.04. The Morgan fingerprint density at radius 3 is 2.75 bits per heavy atom. The molecule has 0 aliphatic carbocycles. The number of amides is 1. The Labute approximate surface area is 97.7 Å². The number of alkyl carbamates (subject to hydrolysis) is 1. The Balaban J connectivity index is 2.15. The van der Waals surface area contributed by atoms with E-state index in [1.54, 1.807) is 0 Å². The first-order valence-corrected chi connectivity index (χ1v) is 8.88. The third-order valence-corrected chi connectivity index (χ3v) is 4.05. The van der Waals surface area contributed by atoms with Gasteiger partial charge in [-0.05, 0) is 6.04 Å². The molecule has 1 aliphatic rings. The van der Waals surface area contributed by atoms with E-state index in [1.807, 2.05) is 0 Å². The van der Waals surface area contributed by atoms with Crippen LogP contribution in [-0.2, 0) is 9.47 Å². The summed E-state index contributed by atoms with van der Waals surface area (Å²) in [4.78, 5) is 11.4. The van der Waals surface area contributed by atoms with Crippen molar-refractivity contribution >= 4 is 14.9 Å². The Morgan fingerprint density at radius 1 is 1.62 bits per heavy atom. The monoisotopic (exact) mass is 247 g/mol. The normalized spacial score (nSPS) is 18.0. The number of carbonyl (C=O) groups excluding carboxylic acids is 1. The third-order valence-electron chi connectivity index (χ3n) is 2.66. The average molecular weight is 247 g/mol. The molecule has 0 aromatic rings. The van der Waals surface area contributed by atoms with Crippen LogP contribution in [0.3, 0.4) is 0 Å². The Kier molecular flexibility index (Phi) is 5.79. The second-order valence-electron chi connectivity index (χ2n) is 4.55. The molecule has 6 heteroatoms. The smallest absolute Gasteiger partial charge is 0.407 e. The van der Waals surface area contributed by atoms with Crippen LogP contribution in [0.5, 0.6) is 0 Å².